The topological polar surface area (TPSA) is 47.9 Å². The minimum Gasteiger partial charge on any atom is -0.495 e. The van der Waals surface area contributed by atoms with Gasteiger partial charge in [-0.1, -0.05) is 11.6 Å². The third-order valence-electron chi connectivity index (χ3n) is 3.38. The van der Waals surface area contributed by atoms with Crippen LogP contribution in [-0.4, -0.2) is 31.0 Å². The van der Waals surface area contributed by atoms with E-state index in [4.69, 9.17) is 25.8 Å². The molecule has 0 spiro atoms. The van der Waals surface area contributed by atoms with Gasteiger partial charge in [-0.05, 0) is 12.8 Å². The molecule has 1 aromatic carbocycles. The van der Waals surface area contributed by atoms with Crippen molar-refractivity contribution in [2.75, 3.05) is 20.3 Å². The minimum absolute atomic E-state index is 0.481. The Labute approximate surface area is 110 Å². The second-order valence-corrected chi connectivity index (χ2v) is 5.17. The summed E-state index contributed by atoms with van der Waals surface area (Å²) >= 11 is 6.31. The number of methoxy groups -OCH3 is 1. The summed E-state index contributed by atoms with van der Waals surface area (Å²) in [5.74, 6) is 1.84. The monoisotopic (exact) mass is 270 g/mol. The fourth-order valence-electron chi connectivity index (χ4n) is 2.16. The zero-order valence-corrected chi connectivity index (χ0v) is 10.9. The highest BCUT2D eigenvalue weighted by Crippen LogP contribution is 2.48. The molecule has 0 unspecified atom stereocenters. The van der Waals surface area contributed by atoms with E-state index in [1.54, 1.807) is 13.2 Å². The van der Waals surface area contributed by atoms with E-state index < -0.39 is 5.60 Å². The molecule has 18 heavy (non-hydrogen) atoms. The molecule has 0 aromatic heterocycles. The molecule has 5 heteroatoms. The van der Waals surface area contributed by atoms with Crippen molar-refractivity contribution in [1.82, 2.24) is 0 Å². The van der Waals surface area contributed by atoms with Crippen molar-refractivity contribution in [2.45, 2.75) is 24.9 Å². The molecule has 1 heterocycles. The Morgan fingerprint density at radius 3 is 2.78 bits per heavy atom. The Morgan fingerprint density at radius 1 is 1.39 bits per heavy atom. The van der Waals surface area contributed by atoms with Crippen LogP contribution >= 0.6 is 11.6 Å². The van der Waals surface area contributed by atoms with Gasteiger partial charge in [-0.15, -0.1) is 0 Å². The highest BCUT2D eigenvalue weighted by molar-refractivity contribution is 6.33. The van der Waals surface area contributed by atoms with Gasteiger partial charge in [0.15, 0.2) is 11.5 Å². The van der Waals surface area contributed by atoms with Gasteiger partial charge >= 0.3 is 0 Å². The summed E-state index contributed by atoms with van der Waals surface area (Å²) in [6.45, 7) is 1.02. The van der Waals surface area contributed by atoms with Gasteiger partial charge in [0.05, 0.1) is 17.7 Å². The zero-order chi connectivity index (χ0) is 12.8. The van der Waals surface area contributed by atoms with Gasteiger partial charge in [-0.2, -0.15) is 0 Å². The van der Waals surface area contributed by atoms with Crippen LogP contribution in [0.3, 0.4) is 0 Å². The molecule has 1 aliphatic heterocycles. The van der Waals surface area contributed by atoms with Crippen LogP contribution in [0.4, 0.5) is 0 Å². The summed E-state index contributed by atoms with van der Waals surface area (Å²) in [5, 5.41) is 10.6. The highest BCUT2D eigenvalue weighted by Gasteiger charge is 2.42. The molecule has 1 saturated carbocycles. The second-order valence-electron chi connectivity index (χ2n) is 4.80. The molecule has 2 aliphatic rings. The van der Waals surface area contributed by atoms with Gasteiger partial charge in [0, 0.05) is 18.1 Å². The lowest BCUT2D eigenvalue weighted by atomic mass is 10.0. The highest BCUT2D eigenvalue weighted by atomic mass is 35.5. The minimum atomic E-state index is -0.634. The first kappa shape index (κ1) is 11.9. The Balaban J connectivity index is 2.07. The Bertz CT molecular complexity index is 482. The molecule has 4 nitrogen and oxygen atoms in total. The number of hydrogen-bond donors (Lipinski definition) is 1. The number of fused-ring (bicyclic) bond motifs is 1. The van der Waals surface area contributed by atoms with Crippen molar-refractivity contribution in [1.29, 1.82) is 0 Å². The van der Waals surface area contributed by atoms with Gasteiger partial charge in [0.1, 0.15) is 19.0 Å². The van der Waals surface area contributed by atoms with Gasteiger partial charge in [0.25, 0.3) is 0 Å². The fraction of sp³-hybridized carbons (Fsp3) is 0.538. The summed E-state index contributed by atoms with van der Waals surface area (Å²) < 4.78 is 16.4. The van der Waals surface area contributed by atoms with Crippen LogP contribution in [0.25, 0.3) is 0 Å². The predicted molar refractivity (Wildman–Crippen MR) is 66.9 cm³/mol. The van der Waals surface area contributed by atoms with Gasteiger partial charge in [-0.3, -0.25) is 0 Å². The maximum absolute atomic E-state index is 10.1. The SMILES string of the molecule is COc1cc2c(c(CC3(O)CC3)c1Cl)OCCO2. The molecule has 0 bridgehead atoms. The molecule has 0 atom stereocenters. The van der Waals surface area contributed by atoms with E-state index in [0.717, 1.165) is 18.4 Å². The van der Waals surface area contributed by atoms with Gasteiger partial charge in [0.2, 0.25) is 0 Å². The first-order valence-corrected chi connectivity index (χ1v) is 6.38. The Morgan fingerprint density at radius 2 is 2.11 bits per heavy atom. The van der Waals surface area contributed by atoms with Crippen LogP contribution in [-0.2, 0) is 6.42 Å². The maximum atomic E-state index is 10.1. The quantitative estimate of drug-likeness (QED) is 0.915. The first-order chi connectivity index (χ1) is 8.63. The van der Waals surface area contributed by atoms with Crippen molar-refractivity contribution < 1.29 is 19.3 Å². The normalized spacial score (nSPS) is 19.5. The lowest BCUT2D eigenvalue weighted by Gasteiger charge is -2.24. The van der Waals surface area contributed by atoms with E-state index in [9.17, 15) is 5.11 Å². The summed E-state index contributed by atoms with van der Waals surface area (Å²) in [6, 6.07) is 1.73. The molecule has 0 saturated heterocycles. The number of benzene rings is 1. The van der Waals surface area contributed by atoms with Crippen LogP contribution in [0.2, 0.25) is 5.02 Å². The molecule has 3 rings (SSSR count). The van der Waals surface area contributed by atoms with Gasteiger partial charge in [-0.25, -0.2) is 0 Å². The van der Waals surface area contributed by atoms with Crippen molar-refractivity contribution in [3.8, 4) is 17.2 Å². The molecule has 0 amide bonds. The van der Waals surface area contributed by atoms with Crippen molar-refractivity contribution in [2.24, 2.45) is 0 Å². The number of rotatable bonds is 3. The lowest BCUT2D eigenvalue weighted by Crippen LogP contribution is -2.19. The number of aliphatic hydroxyl groups is 1. The fourth-order valence-corrected chi connectivity index (χ4v) is 2.45. The predicted octanol–water partition coefficient (Wildman–Crippen LogP) is 2.19. The number of hydrogen-bond acceptors (Lipinski definition) is 4. The van der Waals surface area contributed by atoms with E-state index in [1.165, 1.54) is 0 Å². The van der Waals surface area contributed by atoms with Crippen molar-refractivity contribution in [3.63, 3.8) is 0 Å². The summed E-state index contributed by atoms with van der Waals surface area (Å²) in [6.07, 6.45) is 2.08. The van der Waals surface area contributed by atoms with E-state index in [0.29, 0.717) is 41.9 Å². The summed E-state index contributed by atoms with van der Waals surface area (Å²) in [5.41, 5.74) is 0.149. The molecule has 1 aliphatic carbocycles. The zero-order valence-electron chi connectivity index (χ0n) is 10.2. The van der Waals surface area contributed by atoms with E-state index in [-0.39, 0.29) is 0 Å². The third kappa shape index (κ3) is 1.99. The molecular formula is C13H15ClO4. The number of ether oxygens (including phenoxy) is 3. The second kappa shape index (κ2) is 4.21. The first-order valence-electron chi connectivity index (χ1n) is 6.00. The third-order valence-corrected chi connectivity index (χ3v) is 3.80. The van der Waals surface area contributed by atoms with Crippen LogP contribution in [0, 0.1) is 0 Å². The van der Waals surface area contributed by atoms with Crippen molar-refractivity contribution >= 4 is 11.6 Å². The molecular weight excluding hydrogens is 256 g/mol. The van der Waals surface area contributed by atoms with Crippen molar-refractivity contribution in [3.05, 3.63) is 16.7 Å². The molecule has 1 aromatic rings. The Kier molecular flexibility index (Phi) is 2.79. The van der Waals surface area contributed by atoms with Gasteiger partial charge < -0.3 is 19.3 Å². The van der Waals surface area contributed by atoms with Crippen LogP contribution in [0.5, 0.6) is 17.2 Å². The number of halogens is 1. The lowest BCUT2D eigenvalue weighted by molar-refractivity contribution is 0.143. The summed E-state index contributed by atoms with van der Waals surface area (Å²) in [7, 11) is 1.56. The standard InChI is InChI=1S/C13H15ClO4/c1-16-9-6-10-12(18-5-4-17-10)8(11(9)14)7-13(15)2-3-13/h6,15H,2-5,7H2,1H3. The average Bonchev–Trinajstić information content (AvgIpc) is 3.10. The van der Waals surface area contributed by atoms with E-state index >= 15 is 0 Å². The van der Waals surface area contributed by atoms with E-state index in [2.05, 4.69) is 0 Å². The van der Waals surface area contributed by atoms with Crippen LogP contribution in [0.15, 0.2) is 6.07 Å². The largest absolute Gasteiger partial charge is 0.495 e. The molecule has 1 N–H and O–H groups in total. The smallest absolute Gasteiger partial charge is 0.166 e. The Hall–Kier alpha value is -1.13. The summed E-state index contributed by atoms with van der Waals surface area (Å²) in [4.78, 5) is 0. The molecule has 98 valence electrons. The van der Waals surface area contributed by atoms with E-state index in [1.807, 2.05) is 0 Å². The molecule has 0 radical (unpaired) electrons. The average molecular weight is 271 g/mol. The maximum Gasteiger partial charge on any atom is 0.166 e. The van der Waals surface area contributed by atoms with Crippen LogP contribution < -0.4 is 14.2 Å². The molecule has 1 fully saturated rings. The van der Waals surface area contributed by atoms with Crippen LogP contribution in [0.1, 0.15) is 18.4 Å².